The van der Waals surface area contributed by atoms with E-state index in [-0.39, 0.29) is 7.12 Å². The van der Waals surface area contributed by atoms with Crippen LogP contribution < -0.4 is 4.78 Å². The second-order valence-electron chi connectivity index (χ2n) is 3.63. The molecule has 4 heteroatoms. The Labute approximate surface area is 83.0 Å². The van der Waals surface area contributed by atoms with Crippen LogP contribution in [0.4, 0.5) is 0 Å². The molecule has 70 valence electrons. The Balaban J connectivity index is 2.02. The fraction of sp³-hybridized carbons (Fsp3) is 0.556. The molecule has 13 heavy (non-hydrogen) atoms. The maximum Gasteiger partial charge on any atom is 0.504 e. The maximum absolute atomic E-state index is 5.58. The van der Waals surface area contributed by atoms with Crippen molar-refractivity contribution in [2.24, 2.45) is 5.92 Å². The number of thiophene rings is 1. The SMILES string of the molecule is Cc1csc(B2OCC(C)CO2)c1. The van der Waals surface area contributed by atoms with Gasteiger partial charge in [-0.2, -0.15) is 11.3 Å². The van der Waals surface area contributed by atoms with E-state index in [9.17, 15) is 0 Å². The molecule has 0 unspecified atom stereocenters. The predicted molar refractivity (Wildman–Crippen MR) is 55.5 cm³/mol. The van der Waals surface area contributed by atoms with Crippen LogP contribution in [0.15, 0.2) is 11.4 Å². The molecule has 0 spiro atoms. The first-order valence-electron chi connectivity index (χ1n) is 4.54. The van der Waals surface area contributed by atoms with E-state index in [1.165, 1.54) is 10.3 Å². The third kappa shape index (κ3) is 2.13. The van der Waals surface area contributed by atoms with Gasteiger partial charge in [-0.1, -0.05) is 6.92 Å². The van der Waals surface area contributed by atoms with Crippen molar-refractivity contribution in [1.29, 1.82) is 0 Å². The monoisotopic (exact) mass is 196 g/mol. The molecule has 0 aliphatic carbocycles. The largest absolute Gasteiger partial charge is 0.504 e. The van der Waals surface area contributed by atoms with Crippen LogP contribution in [0.25, 0.3) is 0 Å². The van der Waals surface area contributed by atoms with Crippen LogP contribution in [0.5, 0.6) is 0 Å². The summed E-state index contributed by atoms with van der Waals surface area (Å²) in [4.78, 5) is 0. The predicted octanol–water partition coefficient (Wildman–Crippen LogP) is 1.43. The summed E-state index contributed by atoms with van der Waals surface area (Å²) in [6.45, 7) is 5.84. The minimum absolute atomic E-state index is 0.116. The zero-order valence-electron chi connectivity index (χ0n) is 7.95. The first kappa shape index (κ1) is 9.25. The second kappa shape index (κ2) is 3.82. The van der Waals surface area contributed by atoms with Crippen LogP contribution in [-0.2, 0) is 9.31 Å². The van der Waals surface area contributed by atoms with E-state index in [1.807, 2.05) is 0 Å². The third-order valence-electron chi connectivity index (χ3n) is 2.05. The highest BCUT2D eigenvalue weighted by Gasteiger charge is 2.28. The number of hydrogen-bond donors (Lipinski definition) is 0. The fourth-order valence-electron chi connectivity index (χ4n) is 1.34. The van der Waals surface area contributed by atoms with Gasteiger partial charge in [-0.25, -0.2) is 0 Å². The molecule has 1 saturated heterocycles. The molecular weight excluding hydrogens is 183 g/mol. The van der Waals surface area contributed by atoms with E-state index in [1.54, 1.807) is 11.3 Å². The molecule has 0 bridgehead atoms. The smallest absolute Gasteiger partial charge is 0.406 e. The molecule has 2 rings (SSSR count). The second-order valence-corrected chi connectivity index (χ2v) is 4.57. The minimum atomic E-state index is -0.116. The van der Waals surface area contributed by atoms with Gasteiger partial charge in [0.2, 0.25) is 0 Å². The van der Waals surface area contributed by atoms with E-state index >= 15 is 0 Å². The van der Waals surface area contributed by atoms with Gasteiger partial charge in [-0.3, -0.25) is 0 Å². The summed E-state index contributed by atoms with van der Waals surface area (Å²) >= 11 is 1.71. The lowest BCUT2D eigenvalue weighted by molar-refractivity contribution is 0.0962. The Morgan fingerprint density at radius 2 is 2.15 bits per heavy atom. The standard InChI is InChI=1S/C9H13BO2S/c1-7-3-9(13-6-7)10-11-4-8(2)5-12-10/h3,6,8H,4-5H2,1-2H3. The quantitative estimate of drug-likeness (QED) is 0.632. The van der Waals surface area contributed by atoms with Crippen molar-refractivity contribution < 1.29 is 9.31 Å². The summed E-state index contributed by atoms with van der Waals surface area (Å²) in [5, 5.41) is 2.13. The van der Waals surface area contributed by atoms with E-state index in [2.05, 4.69) is 25.3 Å². The van der Waals surface area contributed by atoms with Gasteiger partial charge in [0.15, 0.2) is 0 Å². The Kier molecular flexibility index (Phi) is 2.72. The van der Waals surface area contributed by atoms with Gasteiger partial charge >= 0.3 is 7.12 Å². The number of aryl methyl sites for hydroxylation is 1. The van der Waals surface area contributed by atoms with Gasteiger partial charge in [0.25, 0.3) is 0 Å². The van der Waals surface area contributed by atoms with Crippen molar-refractivity contribution >= 4 is 23.2 Å². The zero-order chi connectivity index (χ0) is 9.26. The van der Waals surface area contributed by atoms with Gasteiger partial charge in [-0.15, -0.1) is 0 Å². The third-order valence-corrected chi connectivity index (χ3v) is 3.12. The Bertz CT molecular complexity index is 279. The lowest BCUT2D eigenvalue weighted by Crippen LogP contribution is -2.42. The Morgan fingerprint density at radius 3 is 2.69 bits per heavy atom. The topological polar surface area (TPSA) is 18.5 Å². The van der Waals surface area contributed by atoms with Crippen LogP contribution in [0.3, 0.4) is 0 Å². The number of hydrogen-bond acceptors (Lipinski definition) is 3. The molecule has 1 aliphatic heterocycles. The van der Waals surface area contributed by atoms with Crippen molar-refractivity contribution in [3.8, 4) is 0 Å². The van der Waals surface area contributed by atoms with Gasteiger partial charge in [0, 0.05) is 18.0 Å². The maximum atomic E-state index is 5.58. The molecule has 1 aliphatic rings. The molecule has 0 atom stereocenters. The summed E-state index contributed by atoms with van der Waals surface area (Å²) in [5.41, 5.74) is 1.28. The Hall–Kier alpha value is -0.315. The van der Waals surface area contributed by atoms with Crippen LogP contribution in [0.2, 0.25) is 0 Å². The van der Waals surface area contributed by atoms with E-state index < -0.39 is 0 Å². The van der Waals surface area contributed by atoms with Crippen molar-refractivity contribution in [2.45, 2.75) is 13.8 Å². The average Bonchev–Trinajstić information content (AvgIpc) is 2.53. The van der Waals surface area contributed by atoms with Crippen LogP contribution in [0.1, 0.15) is 12.5 Å². The van der Waals surface area contributed by atoms with Gasteiger partial charge in [-0.05, 0) is 29.9 Å². The molecular formula is C9H13BO2S. The van der Waals surface area contributed by atoms with E-state index in [4.69, 9.17) is 9.31 Å². The lowest BCUT2D eigenvalue weighted by atomic mass is 9.85. The summed E-state index contributed by atoms with van der Waals surface area (Å²) in [7, 11) is -0.116. The molecule has 1 aromatic heterocycles. The summed E-state index contributed by atoms with van der Waals surface area (Å²) in [5.74, 6) is 0.525. The molecule has 1 aromatic rings. The fourth-order valence-corrected chi connectivity index (χ4v) is 2.23. The van der Waals surface area contributed by atoms with E-state index in [0.717, 1.165) is 13.2 Å². The molecule has 0 amide bonds. The molecule has 0 radical (unpaired) electrons. The lowest BCUT2D eigenvalue weighted by Gasteiger charge is -2.23. The zero-order valence-corrected chi connectivity index (χ0v) is 8.76. The van der Waals surface area contributed by atoms with Crippen LogP contribution >= 0.6 is 11.3 Å². The van der Waals surface area contributed by atoms with Crippen molar-refractivity contribution in [3.05, 3.63) is 17.0 Å². The molecule has 1 fully saturated rings. The van der Waals surface area contributed by atoms with Crippen molar-refractivity contribution in [2.75, 3.05) is 13.2 Å². The van der Waals surface area contributed by atoms with Crippen molar-refractivity contribution in [1.82, 2.24) is 0 Å². The van der Waals surface area contributed by atoms with Gasteiger partial charge in [0.1, 0.15) is 0 Å². The van der Waals surface area contributed by atoms with Crippen LogP contribution in [0, 0.1) is 12.8 Å². The molecule has 0 aromatic carbocycles. The highest BCUT2D eigenvalue weighted by molar-refractivity contribution is 7.20. The summed E-state index contributed by atoms with van der Waals surface area (Å²) in [6, 6.07) is 2.13. The Morgan fingerprint density at radius 1 is 1.46 bits per heavy atom. The minimum Gasteiger partial charge on any atom is -0.406 e. The van der Waals surface area contributed by atoms with Gasteiger partial charge in [0.05, 0.1) is 0 Å². The summed E-state index contributed by atoms with van der Waals surface area (Å²) in [6.07, 6.45) is 0. The number of rotatable bonds is 1. The first-order chi connectivity index (χ1) is 6.25. The first-order valence-corrected chi connectivity index (χ1v) is 5.42. The van der Waals surface area contributed by atoms with Crippen LogP contribution in [-0.4, -0.2) is 20.3 Å². The molecule has 0 saturated carbocycles. The molecule has 2 nitrogen and oxygen atoms in total. The average molecular weight is 196 g/mol. The van der Waals surface area contributed by atoms with E-state index in [0.29, 0.717) is 5.92 Å². The highest BCUT2D eigenvalue weighted by Crippen LogP contribution is 2.11. The molecule has 2 heterocycles. The summed E-state index contributed by atoms with van der Waals surface area (Å²) < 4.78 is 12.3. The normalized spacial score (nSPS) is 19.4. The van der Waals surface area contributed by atoms with Crippen molar-refractivity contribution in [3.63, 3.8) is 0 Å². The molecule has 0 N–H and O–H groups in total. The highest BCUT2D eigenvalue weighted by atomic mass is 32.1. The van der Waals surface area contributed by atoms with Gasteiger partial charge < -0.3 is 9.31 Å².